The van der Waals surface area contributed by atoms with E-state index < -0.39 is 0 Å². The van der Waals surface area contributed by atoms with E-state index in [4.69, 9.17) is 11.6 Å². The molecule has 0 bridgehead atoms. The predicted molar refractivity (Wildman–Crippen MR) is 61.3 cm³/mol. The molecule has 0 aliphatic heterocycles. The van der Waals surface area contributed by atoms with Crippen molar-refractivity contribution < 1.29 is 0 Å². The zero-order valence-corrected chi connectivity index (χ0v) is 10.1. The monoisotopic (exact) mass is 239 g/mol. The van der Waals surface area contributed by atoms with Crippen molar-refractivity contribution in [3.05, 3.63) is 30.1 Å². The van der Waals surface area contributed by atoms with Crippen LogP contribution in [-0.4, -0.2) is 24.5 Å². The van der Waals surface area contributed by atoms with E-state index in [1.165, 1.54) is 6.33 Å². The van der Waals surface area contributed by atoms with Crippen LogP contribution in [0, 0.1) is 0 Å². The topological polar surface area (TPSA) is 48.5 Å². The highest BCUT2D eigenvalue weighted by molar-refractivity contribution is 6.16. The van der Waals surface area contributed by atoms with E-state index in [2.05, 4.69) is 29.0 Å². The quantitative estimate of drug-likeness (QED) is 0.765. The Bertz CT molecular complexity index is 459. The lowest BCUT2D eigenvalue weighted by Gasteiger charge is -2.04. The van der Waals surface area contributed by atoms with E-state index in [0.29, 0.717) is 18.5 Å². The van der Waals surface area contributed by atoms with E-state index >= 15 is 0 Å². The van der Waals surface area contributed by atoms with E-state index in [0.717, 1.165) is 11.5 Å². The number of alkyl halides is 1. The minimum atomic E-state index is 0.366. The third-order valence-electron chi connectivity index (χ3n) is 2.32. The first-order chi connectivity index (χ1) is 7.70. The van der Waals surface area contributed by atoms with Gasteiger partial charge in [-0.15, -0.1) is 11.6 Å². The highest BCUT2D eigenvalue weighted by atomic mass is 35.5. The maximum Gasteiger partial charge on any atom is 0.142 e. The Morgan fingerprint density at radius 2 is 2.25 bits per heavy atom. The first kappa shape index (κ1) is 11.1. The lowest BCUT2D eigenvalue weighted by atomic mass is 10.4. The molecule has 0 aliphatic carbocycles. The van der Waals surface area contributed by atoms with Crippen LogP contribution in [0.25, 0.3) is 0 Å². The minimum absolute atomic E-state index is 0.366. The van der Waals surface area contributed by atoms with Gasteiger partial charge in [0.05, 0.1) is 18.1 Å². The van der Waals surface area contributed by atoms with Gasteiger partial charge in [0, 0.05) is 12.2 Å². The Kier molecular flexibility index (Phi) is 3.24. The van der Waals surface area contributed by atoms with Gasteiger partial charge in [0.15, 0.2) is 0 Å². The molecule has 0 fully saturated rings. The van der Waals surface area contributed by atoms with Crippen molar-refractivity contribution in [2.24, 2.45) is 0 Å². The van der Waals surface area contributed by atoms with E-state index in [-0.39, 0.29) is 0 Å². The van der Waals surface area contributed by atoms with Crippen LogP contribution in [0.15, 0.2) is 18.6 Å². The molecule has 0 radical (unpaired) electrons. The molecule has 86 valence electrons. The number of rotatable bonds is 4. The van der Waals surface area contributed by atoms with Crippen molar-refractivity contribution in [3.8, 4) is 0 Å². The fourth-order valence-corrected chi connectivity index (χ4v) is 1.63. The molecular weight excluding hydrogens is 226 g/mol. The molecule has 0 aliphatic rings. The molecule has 16 heavy (non-hydrogen) atoms. The average molecular weight is 240 g/mol. The molecule has 2 rings (SSSR count). The van der Waals surface area contributed by atoms with Crippen molar-refractivity contribution in [2.75, 3.05) is 0 Å². The Balaban J connectivity index is 2.14. The van der Waals surface area contributed by atoms with Crippen LogP contribution >= 0.6 is 11.6 Å². The largest absolute Gasteiger partial charge is 0.270 e. The molecule has 2 heterocycles. The second kappa shape index (κ2) is 4.65. The highest BCUT2D eigenvalue weighted by Crippen LogP contribution is 2.07. The first-order valence-electron chi connectivity index (χ1n) is 5.17. The van der Waals surface area contributed by atoms with Crippen LogP contribution in [0.3, 0.4) is 0 Å². The van der Waals surface area contributed by atoms with Crippen LogP contribution in [0.2, 0.25) is 0 Å². The third kappa shape index (κ3) is 2.24. The predicted octanol–water partition coefficient (Wildman–Crippen LogP) is 1.84. The molecule has 6 heteroatoms. The molecule has 2 aromatic rings. The first-order valence-corrected chi connectivity index (χ1v) is 5.71. The van der Waals surface area contributed by atoms with Gasteiger partial charge in [0.1, 0.15) is 12.2 Å². The Hall–Kier alpha value is -1.36. The lowest BCUT2D eigenvalue weighted by Crippen LogP contribution is -2.08. The molecular formula is C10H14ClN5. The number of hydrogen-bond acceptors (Lipinski definition) is 3. The second-order valence-corrected chi connectivity index (χ2v) is 4.12. The fourth-order valence-electron chi connectivity index (χ4n) is 1.43. The minimum Gasteiger partial charge on any atom is -0.270 e. The van der Waals surface area contributed by atoms with Gasteiger partial charge in [0.2, 0.25) is 0 Å². The Morgan fingerprint density at radius 3 is 2.88 bits per heavy atom. The summed E-state index contributed by atoms with van der Waals surface area (Å²) in [7, 11) is 0. The molecule has 5 nitrogen and oxygen atoms in total. The smallest absolute Gasteiger partial charge is 0.142 e. The lowest BCUT2D eigenvalue weighted by molar-refractivity contribution is 0.519. The van der Waals surface area contributed by atoms with E-state index in [9.17, 15) is 0 Å². The summed E-state index contributed by atoms with van der Waals surface area (Å²) in [5.41, 5.74) is 0.963. The highest BCUT2D eigenvalue weighted by Gasteiger charge is 2.06. The summed E-state index contributed by atoms with van der Waals surface area (Å²) in [6.45, 7) is 4.80. The summed E-state index contributed by atoms with van der Waals surface area (Å²) in [4.78, 5) is 4.06. The standard InChI is InChI=1S/C10H14ClN5/c1-8(2)15-4-3-9(14-15)6-16-10(5-11)12-7-13-16/h3-4,7-8H,5-6H2,1-2H3. The summed E-state index contributed by atoms with van der Waals surface area (Å²) in [5.74, 6) is 1.13. The zero-order chi connectivity index (χ0) is 11.5. The number of hydrogen-bond donors (Lipinski definition) is 0. The maximum atomic E-state index is 5.75. The van der Waals surface area contributed by atoms with Crippen molar-refractivity contribution in [2.45, 2.75) is 32.3 Å². The van der Waals surface area contributed by atoms with Crippen molar-refractivity contribution in [1.82, 2.24) is 24.5 Å². The van der Waals surface area contributed by atoms with Crippen LogP contribution < -0.4 is 0 Å². The SMILES string of the molecule is CC(C)n1ccc(Cn2ncnc2CCl)n1. The molecule has 2 aromatic heterocycles. The van der Waals surface area contributed by atoms with Gasteiger partial charge in [-0.05, 0) is 19.9 Å². The molecule has 0 unspecified atom stereocenters. The van der Waals surface area contributed by atoms with E-state index in [1.807, 2.05) is 16.9 Å². The molecule has 0 amide bonds. The molecule has 0 saturated heterocycles. The Labute approximate surface area is 99.1 Å². The van der Waals surface area contributed by atoms with Gasteiger partial charge in [0.25, 0.3) is 0 Å². The van der Waals surface area contributed by atoms with Crippen LogP contribution in [0.1, 0.15) is 31.4 Å². The number of halogens is 1. The molecule has 0 atom stereocenters. The second-order valence-electron chi connectivity index (χ2n) is 3.85. The summed E-state index contributed by atoms with van der Waals surface area (Å²) in [6, 6.07) is 2.36. The van der Waals surface area contributed by atoms with Crippen molar-refractivity contribution in [3.63, 3.8) is 0 Å². The maximum absolute atomic E-state index is 5.75. The van der Waals surface area contributed by atoms with Crippen molar-refractivity contribution >= 4 is 11.6 Å². The number of nitrogens with zero attached hydrogens (tertiary/aromatic N) is 5. The van der Waals surface area contributed by atoms with E-state index in [1.54, 1.807) is 4.68 Å². The molecule has 0 spiro atoms. The van der Waals surface area contributed by atoms with Gasteiger partial charge in [-0.2, -0.15) is 10.2 Å². The van der Waals surface area contributed by atoms with Crippen LogP contribution in [0.4, 0.5) is 0 Å². The normalized spacial score (nSPS) is 11.2. The molecule has 0 N–H and O–H groups in total. The summed E-state index contributed by atoms with van der Waals surface area (Å²) in [5, 5.41) is 8.55. The Morgan fingerprint density at radius 1 is 1.44 bits per heavy atom. The fraction of sp³-hybridized carbons (Fsp3) is 0.500. The van der Waals surface area contributed by atoms with Gasteiger partial charge >= 0.3 is 0 Å². The van der Waals surface area contributed by atoms with Crippen LogP contribution in [-0.2, 0) is 12.4 Å². The summed E-state index contributed by atoms with van der Waals surface area (Å²) in [6.07, 6.45) is 3.48. The average Bonchev–Trinajstić information content (AvgIpc) is 2.87. The van der Waals surface area contributed by atoms with Gasteiger partial charge in [-0.1, -0.05) is 0 Å². The van der Waals surface area contributed by atoms with Crippen LogP contribution in [0.5, 0.6) is 0 Å². The summed E-state index contributed by atoms with van der Waals surface area (Å²) >= 11 is 5.75. The molecule has 0 saturated carbocycles. The molecule has 0 aromatic carbocycles. The van der Waals surface area contributed by atoms with Gasteiger partial charge in [-0.3, -0.25) is 4.68 Å². The summed E-state index contributed by atoms with van der Waals surface area (Å²) < 4.78 is 3.69. The zero-order valence-electron chi connectivity index (χ0n) is 9.34. The third-order valence-corrected chi connectivity index (χ3v) is 2.56. The van der Waals surface area contributed by atoms with Gasteiger partial charge < -0.3 is 0 Å². The van der Waals surface area contributed by atoms with Gasteiger partial charge in [-0.25, -0.2) is 9.67 Å². The number of aromatic nitrogens is 5. The van der Waals surface area contributed by atoms with Crippen molar-refractivity contribution in [1.29, 1.82) is 0 Å².